The molecule has 2 amide bonds. The molecule has 0 aliphatic heterocycles. The van der Waals surface area contributed by atoms with E-state index in [1.165, 1.54) is 22.7 Å². The number of aliphatic hydroxyl groups excluding tert-OH is 2. The topological polar surface area (TPSA) is 233 Å². The van der Waals surface area contributed by atoms with Gasteiger partial charge in [0.25, 0.3) is 11.8 Å². The Labute approximate surface area is 347 Å². The summed E-state index contributed by atoms with van der Waals surface area (Å²) in [6.07, 6.45) is 2.79. The normalized spacial score (nSPS) is 12.8. The van der Waals surface area contributed by atoms with Gasteiger partial charge >= 0.3 is 0 Å². The molecule has 10 N–H and O–H groups in total. The van der Waals surface area contributed by atoms with Crippen molar-refractivity contribution in [2.24, 2.45) is 21.5 Å². The maximum atomic E-state index is 12.8. The summed E-state index contributed by atoms with van der Waals surface area (Å²) in [7, 11) is 0. The van der Waals surface area contributed by atoms with E-state index in [0.29, 0.717) is 48.8 Å². The Balaban J connectivity index is 0.000000218. The fraction of sp³-hybridized carbons (Fsp3) is 0.231. The number of H-pyrrole nitrogens is 2. The van der Waals surface area contributed by atoms with Gasteiger partial charge in [0.2, 0.25) is 0 Å². The lowest BCUT2D eigenvalue weighted by Crippen LogP contribution is -2.31. The van der Waals surface area contributed by atoms with Crippen LogP contribution >= 0.6 is 45.9 Å². The number of nitrogens with zero attached hydrogens (tertiary/aromatic N) is 4. The summed E-state index contributed by atoms with van der Waals surface area (Å²) in [6.45, 7) is 7.00. The number of carbonyl (C=O) groups excluding carboxylic acids is 2. The third kappa shape index (κ3) is 11.6. The first-order valence-electron chi connectivity index (χ1n) is 17.5. The molecule has 2 unspecified atom stereocenters. The van der Waals surface area contributed by atoms with Gasteiger partial charge in [0.1, 0.15) is 27.4 Å². The number of halogens is 2. The molecule has 298 valence electrons. The predicted octanol–water partition coefficient (Wildman–Crippen LogP) is 6.84. The number of benzene rings is 2. The van der Waals surface area contributed by atoms with Crippen molar-refractivity contribution in [3.05, 3.63) is 126 Å². The zero-order valence-electron chi connectivity index (χ0n) is 31.4. The smallest absolute Gasteiger partial charge is 0.269 e. The number of hydrogen-bond acceptors (Lipinski definition) is 10. The van der Waals surface area contributed by atoms with E-state index in [1.807, 2.05) is 31.2 Å². The Hall–Kier alpha value is -5.36. The quantitative estimate of drug-likeness (QED) is 0.0452. The molecule has 0 aliphatic carbocycles. The third-order valence-electron chi connectivity index (χ3n) is 8.28. The van der Waals surface area contributed by atoms with Gasteiger partial charge in [-0.1, -0.05) is 47.5 Å². The van der Waals surface area contributed by atoms with E-state index in [1.54, 1.807) is 69.6 Å². The van der Waals surface area contributed by atoms with E-state index < -0.39 is 12.2 Å². The van der Waals surface area contributed by atoms with Crippen LogP contribution < -0.4 is 22.1 Å². The number of aromatic amines is 2. The average Bonchev–Trinajstić information content (AvgIpc) is 4.00. The van der Waals surface area contributed by atoms with Crippen LogP contribution in [0.25, 0.3) is 22.3 Å². The first-order valence-corrected chi connectivity index (χ1v) is 19.8. The number of thiazole rings is 2. The minimum atomic E-state index is -0.733. The largest absolute Gasteiger partial charge is 0.391 e. The van der Waals surface area contributed by atoms with Crippen LogP contribution in [0.1, 0.15) is 78.2 Å². The molecule has 2 atom stereocenters. The number of aliphatic imine (C=N–C) groups is 2. The van der Waals surface area contributed by atoms with Gasteiger partial charge in [-0.15, -0.1) is 22.7 Å². The van der Waals surface area contributed by atoms with Crippen LogP contribution in [0.3, 0.4) is 0 Å². The van der Waals surface area contributed by atoms with Crippen LogP contribution in [0.4, 0.5) is 0 Å². The number of hydrogen-bond donors (Lipinski definition) is 8. The highest BCUT2D eigenvalue weighted by Gasteiger charge is 2.23. The number of aromatic nitrogens is 4. The van der Waals surface area contributed by atoms with Crippen LogP contribution in [0.5, 0.6) is 0 Å². The van der Waals surface area contributed by atoms with Crippen LogP contribution in [0.15, 0.2) is 83.0 Å². The lowest BCUT2D eigenvalue weighted by Gasteiger charge is -2.14. The number of nitrogens with two attached hydrogens (primary N) is 2. The molecule has 6 rings (SSSR count). The molecule has 2 aromatic carbocycles. The molecule has 18 heteroatoms. The molecule has 57 heavy (non-hydrogen) atoms. The number of amides is 2. The minimum Gasteiger partial charge on any atom is -0.391 e. The summed E-state index contributed by atoms with van der Waals surface area (Å²) < 4.78 is 0. The maximum absolute atomic E-state index is 12.8. The van der Waals surface area contributed by atoms with E-state index >= 15 is 0 Å². The van der Waals surface area contributed by atoms with Crippen LogP contribution in [-0.2, 0) is 13.2 Å². The fourth-order valence-corrected chi connectivity index (χ4v) is 7.48. The van der Waals surface area contributed by atoms with E-state index in [4.69, 9.17) is 34.7 Å². The maximum Gasteiger partial charge on any atom is 0.269 e. The SMILES string of the molecule is CC(N)=NC(NC(=O)c1cc(-c2ccc(Cl)cc2)c[nH]1)c1nc(C)c(CO)s1.CC(N)=NCC(NC(=O)c1cc(-c2ccc(Cl)cc2)c[nH]1)c1nc(C)c(CO)s1. The molecule has 0 radical (unpaired) electrons. The number of rotatable bonds is 13. The zero-order valence-corrected chi connectivity index (χ0v) is 34.6. The molecule has 0 bridgehead atoms. The molecule has 0 spiro atoms. The van der Waals surface area contributed by atoms with E-state index in [2.05, 4.69) is 40.6 Å². The van der Waals surface area contributed by atoms with Crippen molar-refractivity contribution in [3.63, 3.8) is 0 Å². The molecule has 0 fully saturated rings. The second kappa shape index (κ2) is 19.7. The minimum absolute atomic E-state index is 0.0928. The van der Waals surface area contributed by atoms with Crippen molar-refractivity contribution in [1.29, 1.82) is 0 Å². The van der Waals surface area contributed by atoms with Gasteiger partial charge in [-0.05, 0) is 86.3 Å². The Morgan fingerprint density at radius 1 is 0.737 bits per heavy atom. The highest BCUT2D eigenvalue weighted by molar-refractivity contribution is 7.12. The van der Waals surface area contributed by atoms with Gasteiger partial charge in [0.15, 0.2) is 6.17 Å². The van der Waals surface area contributed by atoms with Gasteiger partial charge in [-0.3, -0.25) is 14.6 Å². The molecule has 0 saturated carbocycles. The van der Waals surface area contributed by atoms with Gasteiger partial charge in [-0.25, -0.2) is 15.0 Å². The molecule has 0 saturated heterocycles. The monoisotopic (exact) mass is 848 g/mol. The van der Waals surface area contributed by atoms with Crippen LogP contribution in [-0.4, -0.2) is 60.2 Å². The van der Waals surface area contributed by atoms with Gasteiger partial charge in [0.05, 0.1) is 52.6 Å². The molecular formula is C39H42Cl2N10O4S2. The van der Waals surface area contributed by atoms with Crippen molar-refractivity contribution in [3.8, 4) is 22.3 Å². The summed E-state index contributed by atoms with van der Waals surface area (Å²) in [6, 6.07) is 17.8. The Morgan fingerprint density at radius 2 is 1.19 bits per heavy atom. The number of nitrogens with one attached hydrogen (secondary N) is 4. The van der Waals surface area contributed by atoms with Crippen LogP contribution in [0, 0.1) is 13.8 Å². The summed E-state index contributed by atoms with van der Waals surface area (Å²) in [5, 5.41) is 27.2. The number of amidine groups is 2. The number of aryl methyl sites for hydroxylation is 2. The van der Waals surface area contributed by atoms with Crippen LogP contribution in [0.2, 0.25) is 10.0 Å². The van der Waals surface area contributed by atoms with Crippen molar-refractivity contribution in [2.45, 2.75) is 53.1 Å². The first-order chi connectivity index (χ1) is 27.2. The van der Waals surface area contributed by atoms with E-state index in [9.17, 15) is 19.8 Å². The highest BCUT2D eigenvalue weighted by atomic mass is 35.5. The Kier molecular flexibility index (Phi) is 14.8. The van der Waals surface area contributed by atoms with E-state index in [-0.39, 0.29) is 31.6 Å². The Bertz CT molecular complexity index is 2360. The van der Waals surface area contributed by atoms with Gasteiger partial charge < -0.3 is 42.3 Å². The number of aliphatic hydroxyl groups is 2. The summed E-state index contributed by atoms with van der Waals surface area (Å²) in [5.74, 6) is 0.119. The van der Waals surface area contributed by atoms with Crippen molar-refractivity contribution in [2.75, 3.05) is 6.54 Å². The predicted molar refractivity (Wildman–Crippen MR) is 228 cm³/mol. The summed E-state index contributed by atoms with van der Waals surface area (Å²) in [5.41, 5.74) is 17.3. The summed E-state index contributed by atoms with van der Waals surface area (Å²) in [4.78, 5) is 50.4. The Morgan fingerprint density at radius 3 is 1.63 bits per heavy atom. The van der Waals surface area contributed by atoms with E-state index in [0.717, 1.165) is 37.7 Å². The van der Waals surface area contributed by atoms with Crippen molar-refractivity contribution < 1.29 is 19.8 Å². The second-order valence-electron chi connectivity index (χ2n) is 12.7. The lowest BCUT2D eigenvalue weighted by molar-refractivity contribution is 0.0925. The van der Waals surface area contributed by atoms with Crippen molar-refractivity contribution in [1.82, 2.24) is 30.6 Å². The second-order valence-corrected chi connectivity index (χ2v) is 15.8. The highest BCUT2D eigenvalue weighted by Crippen LogP contribution is 2.28. The lowest BCUT2D eigenvalue weighted by atomic mass is 10.1. The molecule has 6 aromatic rings. The molecule has 4 heterocycles. The molecule has 4 aromatic heterocycles. The zero-order chi connectivity index (χ0) is 41.2. The van der Waals surface area contributed by atoms with Gasteiger partial charge in [-0.2, -0.15) is 0 Å². The fourth-order valence-electron chi connectivity index (χ4n) is 5.34. The molecular weight excluding hydrogens is 808 g/mol. The number of carbonyl (C=O) groups is 2. The molecule has 0 aliphatic rings. The third-order valence-corrected chi connectivity index (χ3v) is 11.2. The van der Waals surface area contributed by atoms with Gasteiger partial charge in [0, 0.05) is 22.4 Å². The standard InChI is InChI=1S/C20H22ClN5O2S.C19H20ClN5O2S/c1-11-18(10-27)29-20(25-11)17(9-23-12(2)22)26-19(28)16-7-14(8-24-16)13-3-5-15(21)6-4-13;1-10-16(9-26)28-19(23-10)17(24-11(2)21)25-18(27)15-7-13(8-22-15)12-3-5-14(20)6-4-12/h3-8,17,24,27H,9-10H2,1-2H3,(H2,22,23)(H,26,28);3-8,17,22,26H,9H2,1-2H3,(H2,21,24)(H,25,27). The van der Waals surface area contributed by atoms with Crippen molar-refractivity contribution >= 4 is 69.4 Å². The average molecular weight is 850 g/mol. The molecule has 14 nitrogen and oxygen atoms in total. The first kappa shape index (κ1) is 42.8. The summed E-state index contributed by atoms with van der Waals surface area (Å²) >= 11 is 14.5.